The Labute approximate surface area is 125 Å². The second-order valence-corrected chi connectivity index (χ2v) is 7.11. The van der Waals surface area contributed by atoms with Crippen LogP contribution in [0.25, 0.3) is 0 Å². The lowest BCUT2D eigenvalue weighted by atomic mass is 9.71. The minimum absolute atomic E-state index is 0.0766. The first-order chi connectivity index (χ1) is 9.61. The summed E-state index contributed by atoms with van der Waals surface area (Å²) in [6, 6.07) is 5.68. The van der Waals surface area contributed by atoms with Crippen LogP contribution in [0.15, 0.2) is 18.2 Å². The van der Waals surface area contributed by atoms with Crippen LogP contribution in [0, 0.1) is 0 Å². The van der Waals surface area contributed by atoms with E-state index in [0.29, 0.717) is 12.0 Å². The molecular weight excluding hydrogens is 273 g/mol. The maximum absolute atomic E-state index is 13.8. The zero-order valence-corrected chi connectivity index (χ0v) is 13.0. The lowest BCUT2D eigenvalue weighted by Gasteiger charge is -2.32. The molecular formula is C16H21BF2O2. The smallest absolute Gasteiger partial charge is 0.399 e. The summed E-state index contributed by atoms with van der Waals surface area (Å²) in [4.78, 5) is 0. The van der Waals surface area contributed by atoms with Gasteiger partial charge in [-0.05, 0) is 50.7 Å². The molecule has 114 valence electrons. The fourth-order valence-corrected chi connectivity index (χ4v) is 2.96. The maximum atomic E-state index is 13.8. The molecule has 3 rings (SSSR count). The Balaban J connectivity index is 1.98. The van der Waals surface area contributed by atoms with E-state index in [2.05, 4.69) is 0 Å². The van der Waals surface area contributed by atoms with Gasteiger partial charge in [0.1, 0.15) is 0 Å². The predicted octanol–water partition coefficient (Wildman–Crippen LogP) is 3.11. The Morgan fingerprint density at radius 3 is 2.29 bits per heavy atom. The minimum atomic E-state index is -2.63. The highest BCUT2D eigenvalue weighted by atomic mass is 19.3. The van der Waals surface area contributed by atoms with E-state index in [1.807, 2.05) is 45.9 Å². The fraction of sp³-hybridized carbons (Fsp3) is 0.625. The number of halogens is 2. The molecule has 0 saturated carbocycles. The van der Waals surface area contributed by atoms with Gasteiger partial charge in [0.25, 0.3) is 5.92 Å². The van der Waals surface area contributed by atoms with E-state index in [1.165, 1.54) is 0 Å². The lowest BCUT2D eigenvalue weighted by molar-refractivity contribution is -0.0120. The van der Waals surface area contributed by atoms with Crippen LogP contribution in [-0.2, 0) is 22.2 Å². The standard InChI is InChI=1S/C16H21BF2O2/c1-14(2)15(3,4)21-17(20-14)13-7-5-6-11-8-9-16(18,19)10-12(11)13/h5-7H,8-10H2,1-4H3. The SMILES string of the molecule is CC1(C)OB(c2cccc3c2CC(F)(F)CC3)OC1(C)C. The monoisotopic (exact) mass is 294 g/mol. The molecule has 1 aliphatic heterocycles. The fourth-order valence-electron chi connectivity index (χ4n) is 2.96. The summed E-state index contributed by atoms with van der Waals surface area (Å²) in [7, 11) is -0.571. The maximum Gasteiger partial charge on any atom is 0.495 e. The molecule has 5 heteroatoms. The molecule has 21 heavy (non-hydrogen) atoms. The van der Waals surface area contributed by atoms with Crippen LogP contribution in [0.5, 0.6) is 0 Å². The molecule has 1 heterocycles. The molecule has 1 aromatic carbocycles. The summed E-state index contributed by atoms with van der Waals surface area (Å²) in [6.45, 7) is 7.88. The number of fused-ring (bicyclic) bond motifs is 1. The summed E-state index contributed by atoms with van der Waals surface area (Å²) < 4.78 is 39.6. The third-order valence-electron chi connectivity index (χ3n) is 5.01. The molecule has 0 N–H and O–H groups in total. The van der Waals surface area contributed by atoms with E-state index in [-0.39, 0.29) is 12.8 Å². The van der Waals surface area contributed by atoms with Gasteiger partial charge in [-0.1, -0.05) is 18.2 Å². The van der Waals surface area contributed by atoms with E-state index in [1.54, 1.807) is 0 Å². The predicted molar refractivity (Wildman–Crippen MR) is 79.1 cm³/mol. The summed E-state index contributed by atoms with van der Waals surface area (Å²) in [5.41, 5.74) is 1.53. The molecule has 1 fully saturated rings. The van der Waals surface area contributed by atoms with Crippen molar-refractivity contribution in [1.82, 2.24) is 0 Å². The van der Waals surface area contributed by atoms with Crippen LogP contribution < -0.4 is 5.46 Å². The Morgan fingerprint density at radius 1 is 1.05 bits per heavy atom. The van der Waals surface area contributed by atoms with Crippen LogP contribution in [0.1, 0.15) is 45.2 Å². The van der Waals surface area contributed by atoms with Crippen molar-refractivity contribution in [3.05, 3.63) is 29.3 Å². The molecule has 0 spiro atoms. The molecule has 1 aliphatic carbocycles. The van der Waals surface area contributed by atoms with E-state index in [4.69, 9.17) is 9.31 Å². The highest BCUT2D eigenvalue weighted by Crippen LogP contribution is 2.38. The average Bonchev–Trinajstić information content (AvgIpc) is 2.56. The van der Waals surface area contributed by atoms with Crippen LogP contribution in [0.3, 0.4) is 0 Å². The van der Waals surface area contributed by atoms with Gasteiger partial charge in [-0.2, -0.15) is 0 Å². The van der Waals surface area contributed by atoms with E-state index >= 15 is 0 Å². The van der Waals surface area contributed by atoms with Crippen molar-refractivity contribution in [2.75, 3.05) is 0 Å². The second-order valence-electron chi connectivity index (χ2n) is 7.11. The summed E-state index contributed by atoms with van der Waals surface area (Å²) in [5, 5.41) is 0. The summed E-state index contributed by atoms with van der Waals surface area (Å²) >= 11 is 0. The van der Waals surface area contributed by atoms with Gasteiger partial charge in [0, 0.05) is 12.8 Å². The molecule has 1 aromatic rings. The first kappa shape index (κ1) is 15.0. The van der Waals surface area contributed by atoms with Gasteiger partial charge in [0.2, 0.25) is 0 Å². The molecule has 2 nitrogen and oxygen atoms in total. The zero-order valence-electron chi connectivity index (χ0n) is 13.0. The highest BCUT2D eigenvalue weighted by molar-refractivity contribution is 6.62. The molecule has 2 aliphatic rings. The van der Waals surface area contributed by atoms with Crippen LogP contribution >= 0.6 is 0 Å². The Bertz CT molecular complexity index is 553. The van der Waals surface area contributed by atoms with Crippen LogP contribution in [-0.4, -0.2) is 24.2 Å². The molecule has 1 saturated heterocycles. The average molecular weight is 294 g/mol. The Kier molecular flexibility index (Phi) is 3.23. The Hall–Kier alpha value is -0.935. The largest absolute Gasteiger partial charge is 0.495 e. The van der Waals surface area contributed by atoms with Crippen LogP contribution in [0.2, 0.25) is 0 Å². The molecule has 0 radical (unpaired) electrons. The third kappa shape index (κ3) is 2.51. The van der Waals surface area contributed by atoms with E-state index in [0.717, 1.165) is 11.0 Å². The number of rotatable bonds is 1. The van der Waals surface area contributed by atoms with E-state index in [9.17, 15) is 8.78 Å². The molecule has 0 atom stereocenters. The van der Waals surface area contributed by atoms with Crippen molar-refractivity contribution in [2.24, 2.45) is 0 Å². The third-order valence-corrected chi connectivity index (χ3v) is 5.01. The van der Waals surface area contributed by atoms with Crippen molar-refractivity contribution in [1.29, 1.82) is 0 Å². The van der Waals surface area contributed by atoms with E-state index < -0.39 is 24.2 Å². The second kappa shape index (κ2) is 4.53. The Morgan fingerprint density at radius 2 is 1.67 bits per heavy atom. The molecule has 0 unspecified atom stereocenters. The molecule has 0 aromatic heterocycles. The topological polar surface area (TPSA) is 18.5 Å². The van der Waals surface area contributed by atoms with Crippen molar-refractivity contribution >= 4 is 12.6 Å². The van der Waals surface area contributed by atoms with Gasteiger partial charge in [0.05, 0.1) is 11.2 Å². The van der Waals surface area contributed by atoms with Crippen molar-refractivity contribution in [2.45, 2.75) is 64.1 Å². The summed E-state index contributed by atoms with van der Waals surface area (Å²) in [5.74, 6) is -2.63. The van der Waals surface area contributed by atoms with Gasteiger partial charge in [0.15, 0.2) is 0 Å². The normalized spacial score (nSPS) is 25.7. The van der Waals surface area contributed by atoms with Crippen LogP contribution in [0.4, 0.5) is 8.78 Å². The van der Waals surface area contributed by atoms with Gasteiger partial charge in [-0.15, -0.1) is 0 Å². The number of aryl methyl sites for hydroxylation is 1. The number of benzene rings is 1. The van der Waals surface area contributed by atoms with Gasteiger partial charge >= 0.3 is 7.12 Å². The minimum Gasteiger partial charge on any atom is -0.399 e. The van der Waals surface area contributed by atoms with Crippen molar-refractivity contribution in [3.8, 4) is 0 Å². The molecule has 0 amide bonds. The zero-order chi connectivity index (χ0) is 15.5. The quantitative estimate of drug-likeness (QED) is 0.741. The van der Waals surface area contributed by atoms with Crippen molar-refractivity contribution in [3.63, 3.8) is 0 Å². The number of alkyl halides is 2. The molecule has 0 bridgehead atoms. The van der Waals surface area contributed by atoms with Gasteiger partial charge in [-0.3, -0.25) is 0 Å². The highest BCUT2D eigenvalue weighted by Gasteiger charge is 2.52. The first-order valence-corrected chi connectivity index (χ1v) is 7.45. The van der Waals surface area contributed by atoms with Crippen molar-refractivity contribution < 1.29 is 18.1 Å². The van der Waals surface area contributed by atoms with Gasteiger partial charge < -0.3 is 9.31 Å². The number of hydrogen-bond donors (Lipinski definition) is 0. The van der Waals surface area contributed by atoms with Gasteiger partial charge in [-0.25, -0.2) is 8.78 Å². The summed E-state index contributed by atoms with van der Waals surface area (Å²) in [6.07, 6.45) is 0.116. The lowest BCUT2D eigenvalue weighted by Crippen LogP contribution is -2.41. The first-order valence-electron chi connectivity index (χ1n) is 7.45. The number of hydrogen-bond acceptors (Lipinski definition) is 2.